The molecular formula is C44H86O11S. The molecule has 0 spiro atoms. The smallest absolute Gasteiger partial charge is 0.132 e. The Hall–Kier alpha value is -3.15. The molecular weight excluding hydrogens is 737 g/mol. The van der Waals surface area contributed by atoms with Gasteiger partial charge in [-0.25, -0.2) is 0 Å². The number of ketones is 10. The second-order valence-electron chi connectivity index (χ2n) is 12.9. The van der Waals surface area contributed by atoms with Gasteiger partial charge >= 0.3 is 0 Å². The lowest BCUT2D eigenvalue weighted by Gasteiger charge is -2.05. The average Bonchev–Trinajstić information content (AvgIpc) is 3.60. The van der Waals surface area contributed by atoms with Crippen LogP contribution in [0.1, 0.15) is 214 Å². The number of hydrogen-bond donors (Lipinski definition) is 0. The Bertz CT molecular complexity index is 872. The van der Waals surface area contributed by atoms with E-state index in [0.29, 0.717) is 56.5 Å². The molecule has 0 aromatic rings. The van der Waals surface area contributed by atoms with Crippen LogP contribution in [0.2, 0.25) is 0 Å². The van der Waals surface area contributed by atoms with Crippen molar-refractivity contribution in [2.24, 2.45) is 0 Å². The second-order valence-corrected chi connectivity index (χ2v) is 14.4. The van der Waals surface area contributed by atoms with Crippen LogP contribution in [0.3, 0.4) is 0 Å². The van der Waals surface area contributed by atoms with Crippen LogP contribution >= 0.6 is 0 Å². The van der Waals surface area contributed by atoms with Gasteiger partial charge in [0, 0.05) is 93.9 Å². The number of carbonyl (C=O) groups excluding carboxylic acids is 10. The third-order valence-electron chi connectivity index (χ3n) is 6.06. The zero-order valence-electron chi connectivity index (χ0n) is 39.2. The Morgan fingerprint density at radius 2 is 0.446 bits per heavy atom. The SMILES string of the molecule is CC(C)=O.CCC(C)=O.CCC(C)=O.CCC(C)=O.CCC(C)=O.CCC(C)=O.CCC(C)=O.CCC(C)=O.CS(C)=O.O=C1CCCC1.O=C1CCCCC1. The first-order valence-electron chi connectivity index (χ1n) is 19.9. The molecule has 0 aromatic carbocycles. The molecule has 0 aliphatic heterocycles. The van der Waals surface area contributed by atoms with Crippen LogP contribution in [0, 0.1) is 0 Å². The van der Waals surface area contributed by atoms with Crippen molar-refractivity contribution in [3.05, 3.63) is 0 Å². The number of rotatable bonds is 7. The molecule has 2 rings (SSSR count). The topological polar surface area (TPSA) is 188 Å². The Morgan fingerprint density at radius 3 is 0.500 bits per heavy atom. The van der Waals surface area contributed by atoms with Crippen LogP contribution in [0.4, 0.5) is 0 Å². The summed E-state index contributed by atoms with van der Waals surface area (Å²) in [6.45, 7) is 27.1. The van der Waals surface area contributed by atoms with Gasteiger partial charge in [-0.2, -0.15) is 0 Å². The first kappa shape index (κ1) is 73.9. The van der Waals surface area contributed by atoms with E-state index in [0.717, 1.165) is 51.4 Å². The summed E-state index contributed by atoms with van der Waals surface area (Å²) in [6, 6.07) is 0. The highest BCUT2D eigenvalue weighted by Crippen LogP contribution is 2.12. The van der Waals surface area contributed by atoms with E-state index in [1.165, 1.54) is 20.3 Å². The summed E-state index contributed by atoms with van der Waals surface area (Å²) in [5.41, 5.74) is 0. The van der Waals surface area contributed by atoms with E-state index in [1.807, 2.05) is 48.5 Å². The normalized spacial score (nSPS) is 11.1. The summed E-state index contributed by atoms with van der Waals surface area (Å²) < 4.78 is 9.56. The summed E-state index contributed by atoms with van der Waals surface area (Å²) in [5, 5.41) is 0. The maximum Gasteiger partial charge on any atom is 0.132 e. The van der Waals surface area contributed by atoms with Gasteiger partial charge < -0.3 is 38.4 Å². The molecule has 2 aliphatic rings. The molecule has 0 heterocycles. The van der Waals surface area contributed by atoms with Crippen molar-refractivity contribution < 1.29 is 52.2 Å². The van der Waals surface area contributed by atoms with Gasteiger partial charge in [-0.05, 0) is 88.0 Å². The van der Waals surface area contributed by atoms with Crippen molar-refractivity contribution in [1.82, 2.24) is 0 Å². The van der Waals surface area contributed by atoms with Crippen molar-refractivity contribution in [2.45, 2.75) is 214 Å². The molecule has 0 aromatic heterocycles. The lowest BCUT2D eigenvalue weighted by molar-refractivity contribution is -0.120. The lowest BCUT2D eigenvalue weighted by atomic mass is 10.00. The van der Waals surface area contributed by atoms with E-state index in [-0.39, 0.29) is 46.3 Å². The average molecular weight is 823 g/mol. The van der Waals surface area contributed by atoms with Gasteiger partial charge in [0.2, 0.25) is 0 Å². The summed E-state index contributed by atoms with van der Waals surface area (Å²) in [4.78, 5) is 98.8. The second kappa shape index (κ2) is 63.8. The minimum absolute atomic E-state index is 0.167. The maximum absolute atomic E-state index is 10.5. The molecule has 11 nitrogen and oxygen atoms in total. The fourth-order valence-corrected chi connectivity index (χ4v) is 1.72. The molecule has 0 bridgehead atoms. The molecule has 0 saturated heterocycles. The highest BCUT2D eigenvalue weighted by Gasteiger charge is 2.07. The predicted octanol–water partition coefficient (Wildman–Crippen LogP) is 10.1. The largest absolute Gasteiger partial charge is 0.300 e. The molecule has 12 heteroatoms. The molecule has 56 heavy (non-hydrogen) atoms. The molecule has 0 unspecified atom stereocenters. The molecule has 0 N–H and O–H groups in total. The van der Waals surface area contributed by atoms with Crippen molar-refractivity contribution >= 4 is 68.6 Å². The third kappa shape index (κ3) is 189. The third-order valence-corrected chi connectivity index (χ3v) is 6.06. The number of Topliss-reactive ketones (excluding diaryl/α,β-unsaturated/α-hetero) is 10. The van der Waals surface area contributed by atoms with E-state index in [4.69, 9.17) is 0 Å². The predicted molar refractivity (Wildman–Crippen MR) is 235 cm³/mol. The van der Waals surface area contributed by atoms with Gasteiger partial charge in [-0.15, -0.1) is 0 Å². The van der Waals surface area contributed by atoms with Crippen molar-refractivity contribution in [1.29, 1.82) is 0 Å². The van der Waals surface area contributed by atoms with Crippen LogP contribution in [0.5, 0.6) is 0 Å². The van der Waals surface area contributed by atoms with Gasteiger partial charge in [0.1, 0.15) is 57.8 Å². The van der Waals surface area contributed by atoms with Gasteiger partial charge in [0.05, 0.1) is 0 Å². The van der Waals surface area contributed by atoms with Crippen molar-refractivity contribution in [3.8, 4) is 0 Å². The van der Waals surface area contributed by atoms with E-state index < -0.39 is 10.8 Å². The zero-order chi connectivity index (χ0) is 46.7. The first-order chi connectivity index (χ1) is 25.6. The molecule has 2 saturated carbocycles. The number of carbonyl (C=O) groups is 10. The molecule has 0 atom stereocenters. The fraction of sp³-hybridized carbons (Fsp3) is 0.773. The maximum atomic E-state index is 10.5. The Morgan fingerprint density at radius 1 is 0.357 bits per heavy atom. The molecule has 334 valence electrons. The standard InChI is InChI=1S/C6H10O.C5H8O.7C4H8O.C3H6O.C2H6OS/c7-6-4-2-1-3-5-6;6-5-3-1-2-4-5;7*1-3-4(2)5;1-3(2)4;1-4(2)3/h1-5H2;1-4H2;7*3H2,1-2H3;2*1-2H3. The van der Waals surface area contributed by atoms with Crippen molar-refractivity contribution in [2.75, 3.05) is 12.5 Å². The zero-order valence-corrected chi connectivity index (χ0v) is 40.0. The van der Waals surface area contributed by atoms with Crippen LogP contribution < -0.4 is 0 Å². The van der Waals surface area contributed by atoms with E-state index >= 15 is 0 Å². The van der Waals surface area contributed by atoms with E-state index in [2.05, 4.69) is 0 Å². The minimum Gasteiger partial charge on any atom is -0.300 e. The highest BCUT2D eigenvalue weighted by molar-refractivity contribution is 7.83. The summed E-state index contributed by atoms with van der Waals surface area (Å²) in [7, 11) is -0.611. The molecule has 2 fully saturated rings. The molecule has 0 amide bonds. The van der Waals surface area contributed by atoms with Gasteiger partial charge in [0.25, 0.3) is 0 Å². The van der Waals surface area contributed by atoms with E-state index in [1.54, 1.807) is 61.0 Å². The van der Waals surface area contributed by atoms with Crippen molar-refractivity contribution in [3.63, 3.8) is 0 Å². The van der Waals surface area contributed by atoms with Gasteiger partial charge in [0.15, 0.2) is 0 Å². The quantitative estimate of drug-likeness (QED) is 0.238. The Kier molecular flexibility index (Phi) is 84.2. The lowest BCUT2D eigenvalue weighted by Crippen LogP contribution is -2.02. The Labute approximate surface area is 345 Å². The van der Waals surface area contributed by atoms with Gasteiger partial charge in [-0.1, -0.05) is 54.9 Å². The highest BCUT2D eigenvalue weighted by atomic mass is 32.2. The van der Waals surface area contributed by atoms with Crippen LogP contribution in [0.25, 0.3) is 0 Å². The van der Waals surface area contributed by atoms with Crippen LogP contribution in [0.15, 0.2) is 0 Å². The Balaban J connectivity index is -0.0000000623. The summed E-state index contributed by atoms with van der Waals surface area (Å²) in [6.07, 6.45) is 17.2. The van der Waals surface area contributed by atoms with Crippen LogP contribution in [-0.2, 0) is 58.7 Å². The summed E-state index contributed by atoms with van der Waals surface area (Å²) >= 11 is 0. The monoisotopic (exact) mass is 823 g/mol. The molecule has 0 radical (unpaired) electrons. The van der Waals surface area contributed by atoms with Gasteiger partial charge in [-0.3, -0.25) is 13.8 Å². The number of hydrogen-bond acceptors (Lipinski definition) is 11. The molecule has 2 aliphatic carbocycles. The van der Waals surface area contributed by atoms with E-state index in [9.17, 15) is 52.2 Å². The fourth-order valence-electron chi connectivity index (χ4n) is 1.72. The first-order valence-corrected chi connectivity index (χ1v) is 21.8. The summed E-state index contributed by atoms with van der Waals surface area (Å²) in [5.74, 6) is 2.87. The van der Waals surface area contributed by atoms with Crippen LogP contribution in [-0.4, -0.2) is 74.6 Å². The minimum atomic E-state index is -0.611.